The number of aromatic nitrogens is 1. The van der Waals surface area contributed by atoms with Gasteiger partial charge in [0.2, 0.25) is 5.91 Å². The molecule has 0 radical (unpaired) electrons. The van der Waals surface area contributed by atoms with E-state index >= 15 is 0 Å². The molecule has 0 fully saturated rings. The summed E-state index contributed by atoms with van der Waals surface area (Å²) in [6, 6.07) is 13.3. The average molecular weight is 350 g/mol. The van der Waals surface area contributed by atoms with Gasteiger partial charge >= 0.3 is 0 Å². The lowest BCUT2D eigenvalue weighted by atomic mass is 9.99. The third-order valence-electron chi connectivity index (χ3n) is 4.46. The van der Waals surface area contributed by atoms with E-state index in [1.54, 1.807) is 32.4 Å². The molecular weight excluding hydrogens is 328 g/mol. The van der Waals surface area contributed by atoms with Gasteiger partial charge in [-0.15, -0.1) is 0 Å². The SMILES string of the molecule is COc1cc(NC(=O)Cc2c(C)nc3ccccc3c2C)cc(OC)c1. The molecule has 5 heteroatoms. The predicted octanol–water partition coefficient (Wildman–Crippen LogP) is 4.05. The van der Waals surface area contributed by atoms with E-state index < -0.39 is 0 Å². The molecule has 1 amide bonds. The van der Waals surface area contributed by atoms with Crippen LogP contribution >= 0.6 is 0 Å². The van der Waals surface area contributed by atoms with Crippen LogP contribution in [0.4, 0.5) is 5.69 Å². The molecule has 0 aliphatic heterocycles. The van der Waals surface area contributed by atoms with Gasteiger partial charge in [0.05, 0.1) is 26.2 Å². The zero-order chi connectivity index (χ0) is 18.7. The van der Waals surface area contributed by atoms with Crippen LogP contribution in [0.2, 0.25) is 0 Å². The number of para-hydroxylation sites is 1. The Bertz CT molecular complexity index is 945. The summed E-state index contributed by atoms with van der Waals surface area (Å²) in [7, 11) is 3.15. The van der Waals surface area contributed by atoms with E-state index in [9.17, 15) is 4.79 Å². The van der Waals surface area contributed by atoms with Gasteiger partial charge in [0.1, 0.15) is 11.5 Å². The Morgan fingerprint density at radius 3 is 2.35 bits per heavy atom. The third kappa shape index (κ3) is 3.61. The summed E-state index contributed by atoms with van der Waals surface area (Å²) in [4.78, 5) is 17.2. The number of carbonyl (C=O) groups excluding carboxylic acids is 1. The first-order valence-corrected chi connectivity index (χ1v) is 8.39. The lowest BCUT2D eigenvalue weighted by Gasteiger charge is -2.13. The first-order valence-electron chi connectivity index (χ1n) is 8.39. The van der Waals surface area contributed by atoms with Gasteiger partial charge in [0, 0.05) is 35.0 Å². The minimum Gasteiger partial charge on any atom is -0.497 e. The summed E-state index contributed by atoms with van der Waals surface area (Å²) in [6.45, 7) is 3.98. The van der Waals surface area contributed by atoms with Crippen molar-refractivity contribution >= 4 is 22.5 Å². The quantitative estimate of drug-likeness (QED) is 0.754. The summed E-state index contributed by atoms with van der Waals surface area (Å²) >= 11 is 0. The Kier molecular flexibility index (Phi) is 5.07. The van der Waals surface area contributed by atoms with E-state index in [-0.39, 0.29) is 12.3 Å². The maximum absolute atomic E-state index is 12.6. The molecule has 134 valence electrons. The first kappa shape index (κ1) is 17.7. The number of hydrogen-bond acceptors (Lipinski definition) is 4. The Morgan fingerprint density at radius 2 is 1.69 bits per heavy atom. The van der Waals surface area contributed by atoms with E-state index in [4.69, 9.17) is 9.47 Å². The average Bonchev–Trinajstić information content (AvgIpc) is 2.64. The van der Waals surface area contributed by atoms with Crippen LogP contribution in [0.3, 0.4) is 0 Å². The topological polar surface area (TPSA) is 60.5 Å². The number of anilines is 1. The number of ether oxygens (including phenoxy) is 2. The van der Waals surface area contributed by atoms with Gasteiger partial charge in [-0.2, -0.15) is 0 Å². The highest BCUT2D eigenvalue weighted by Gasteiger charge is 2.14. The van der Waals surface area contributed by atoms with Gasteiger partial charge in [-0.25, -0.2) is 0 Å². The first-order chi connectivity index (χ1) is 12.5. The molecule has 3 rings (SSSR count). The number of nitrogens with one attached hydrogen (secondary N) is 1. The van der Waals surface area contributed by atoms with Crippen LogP contribution < -0.4 is 14.8 Å². The molecule has 0 spiro atoms. The Morgan fingerprint density at radius 1 is 1.04 bits per heavy atom. The predicted molar refractivity (Wildman–Crippen MR) is 103 cm³/mol. The maximum Gasteiger partial charge on any atom is 0.228 e. The van der Waals surface area contributed by atoms with Crippen LogP contribution in [0.5, 0.6) is 11.5 Å². The molecule has 0 atom stereocenters. The summed E-state index contributed by atoms with van der Waals surface area (Å²) in [5.41, 5.74) is 4.50. The molecule has 0 aliphatic rings. The number of amides is 1. The number of nitrogens with zero attached hydrogens (tertiary/aromatic N) is 1. The number of fused-ring (bicyclic) bond motifs is 1. The molecule has 0 saturated carbocycles. The van der Waals surface area contributed by atoms with Crippen molar-refractivity contribution in [2.24, 2.45) is 0 Å². The maximum atomic E-state index is 12.6. The second-order valence-corrected chi connectivity index (χ2v) is 6.14. The smallest absolute Gasteiger partial charge is 0.228 e. The Balaban J connectivity index is 1.86. The molecule has 1 N–H and O–H groups in total. The number of aryl methyl sites for hydroxylation is 2. The van der Waals surface area contributed by atoms with Crippen molar-refractivity contribution < 1.29 is 14.3 Å². The molecule has 0 bridgehead atoms. The highest BCUT2D eigenvalue weighted by Crippen LogP contribution is 2.27. The zero-order valence-corrected chi connectivity index (χ0v) is 15.4. The van der Waals surface area contributed by atoms with Crippen molar-refractivity contribution in [1.82, 2.24) is 4.98 Å². The standard InChI is InChI=1S/C21H22N2O3/c1-13-18-7-5-6-8-20(18)22-14(2)19(13)12-21(24)23-15-9-16(25-3)11-17(10-15)26-4/h5-11H,12H2,1-4H3,(H,23,24). The van der Waals surface area contributed by atoms with E-state index in [0.29, 0.717) is 17.2 Å². The van der Waals surface area contributed by atoms with Gasteiger partial charge in [-0.05, 0) is 31.0 Å². The summed E-state index contributed by atoms with van der Waals surface area (Å²) in [6.07, 6.45) is 0.259. The second-order valence-electron chi connectivity index (χ2n) is 6.14. The summed E-state index contributed by atoms with van der Waals surface area (Å²) in [5, 5.41) is 3.99. The molecule has 1 heterocycles. The molecule has 1 aromatic heterocycles. The molecule has 2 aromatic carbocycles. The monoisotopic (exact) mass is 350 g/mol. The molecule has 3 aromatic rings. The van der Waals surface area contributed by atoms with Crippen molar-refractivity contribution in [3.63, 3.8) is 0 Å². The number of rotatable bonds is 5. The van der Waals surface area contributed by atoms with Crippen molar-refractivity contribution in [2.45, 2.75) is 20.3 Å². The van der Waals surface area contributed by atoms with Crippen LogP contribution in [0.15, 0.2) is 42.5 Å². The number of pyridine rings is 1. The van der Waals surface area contributed by atoms with E-state index in [2.05, 4.69) is 10.3 Å². The van der Waals surface area contributed by atoms with E-state index in [1.165, 1.54) is 0 Å². The third-order valence-corrected chi connectivity index (χ3v) is 4.46. The number of carbonyl (C=O) groups is 1. The summed E-state index contributed by atoms with van der Waals surface area (Å²) < 4.78 is 10.5. The fraction of sp³-hybridized carbons (Fsp3) is 0.238. The fourth-order valence-corrected chi connectivity index (χ4v) is 3.08. The largest absolute Gasteiger partial charge is 0.497 e. The molecule has 0 unspecified atom stereocenters. The molecule has 26 heavy (non-hydrogen) atoms. The van der Waals surface area contributed by atoms with Gasteiger partial charge in [-0.3, -0.25) is 9.78 Å². The lowest BCUT2D eigenvalue weighted by molar-refractivity contribution is -0.115. The van der Waals surface area contributed by atoms with Crippen LogP contribution in [-0.2, 0) is 11.2 Å². The van der Waals surface area contributed by atoms with Gasteiger partial charge in [-0.1, -0.05) is 18.2 Å². The van der Waals surface area contributed by atoms with Crippen LogP contribution in [-0.4, -0.2) is 25.1 Å². The van der Waals surface area contributed by atoms with Crippen molar-refractivity contribution in [3.05, 3.63) is 59.3 Å². The fourth-order valence-electron chi connectivity index (χ4n) is 3.08. The van der Waals surface area contributed by atoms with E-state index in [1.807, 2.05) is 38.1 Å². The lowest BCUT2D eigenvalue weighted by Crippen LogP contribution is -2.16. The zero-order valence-electron chi connectivity index (χ0n) is 15.4. The van der Waals surface area contributed by atoms with Crippen LogP contribution in [0, 0.1) is 13.8 Å². The minimum absolute atomic E-state index is 0.108. The van der Waals surface area contributed by atoms with Gasteiger partial charge in [0.25, 0.3) is 0 Å². The highest BCUT2D eigenvalue weighted by atomic mass is 16.5. The molecular formula is C21H22N2O3. The number of benzene rings is 2. The molecule has 0 saturated heterocycles. The Hall–Kier alpha value is -3.08. The van der Waals surface area contributed by atoms with Crippen LogP contribution in [0.1, 0.15) is 16.8 Å². The minimum atomic E-state index is -0.108. The van der Waals surface area contributed by atoms with Crippen molar-refractivity contribution in [2.75, 3.05) is 19.5 Å². The van der Waals surface area contributed by atoms with Crippen molar-refractivity contribution in [1.29, 1.82) is 0 Å². The van der Waals surface area contributed by atoms with Crippen LogP contribution in [0.25, 0.3) is 10.9 Å². The molecule has 0 aliphatic carbocycles. The summed E-state index contributed by atoms with van der Waals surface area (Å²) in [5.74, 6) is 1.14. The van der Waals surface area contributed by atoms with Gasteiger partial charge < -0.3 is 14.8 Å². The number of hydrogen-bond donors (Lipinski definition) is 1. The normalized spacial score (nSPS) is 10.6. The molecule has 5 nitrogen and oxygen atoms in total. The highest BCUT2D eigenvalue weighted by molar-refractivity contribution is 5.94. The van der Waals surface area contributed by atoms with Gasteiger partial charge in [0.15, 0.2) is 0 Å². The second kappa shape index (κ2) is 7.44. The van der Waals surface area contributed by atoms with Crippen molar-refractivity contribution in [3.8, 4) is 11.5 Å². The van der Waals surface area contributed by atoms with E-state index in [0.717, 1.165) is 27.7 Å². The number of methoxy groups -OCH3 is 2. The Labute approximate surface area is 153 Å².